The third-order valence-electron chi connectivity index (χ3n) is 11.0. The van der Waals surface area contributed by atoms with Gasteiger partial charge < -0.3 is 29.9 Å². The van der Waals surface area contributed by atoms with Crippen molar-refractivity contribution in [1.82, 2.24) is 0 Å². The minimum atomic E-state index is -1.27. The Morgan fingerprint density at radius 1 is 0.674 bits per heavy atom. The lowest BCUT2D eigenvalue weighted by atomic mass is 9.80. The van der Waals surface area contributed by atoms with Gasteiger partial charge in [-0.05, 0) is 144 Å². The van der Waals surface area contributed by atoms with E-state index in [1.165, 1.54) is 6.07 Å². The summed E-state index contributed by atoms with van der Waals surface area (Å²) in [6, 6.07) is 3.18. The largest absolute Gasteiger partial charge is 0.507 e. The molecule has 0 radical (unpaired) electrons. The highest BCUT2D eigenvalue weighted by Gasteiger charge is 2.34. The Bertz CT molecular complexity index is 1740. The molecule has 8 nitrogen and oxygen atoms in total. The first-order chi connectivity index (χ1) is 21.6. The second kappa shape index (κ2) is 12.5. The van der Waals surface area contributed by atoms with Gasteiger partial charge in [0.1, 0.15) is 23.0 Å². The van der Waals surface area contributed by atoms with Crippen LogP contribution < -0.4 is 9.47 Å². The quantitative estimate of drug-likeness (QED) is 0.201. The summed E-state index contributed by atoms with van der Waals surface area (Å²) >= 11 is 0. The van der Waals surface area contributed by atoms with Crippen LogP contribution in [0.1, 0.15) is 103 Å². The summed E-state index contributed by atoms with van der Waals surface area (Å²) in [5.41, 5.74) is 8.12. The Labute approximate surface area is 271 Å². The second-order valence-corrected chi connectivity index (χ2v) is 13.5. The predicted octanol–water partition coefficient (Wildman–Crippen LogP) is 7.49. The lowest BCUT2D eigenvalue weighted by Gasteiger charge is -2.35. The maximum Gasteiger partial charge on any atom is 0.336 e. The number of hydrogen-bond acceptors (Lipinski definition) is 6. The third-order valence-corrected chi connectivity index (χ3v) is 11.0. The van der Waals surface area contributed by atoms with Crippen molar-refractivity contribution in [2.45, 2.75) is 106 Å². The fourth-order valence-electron chi connectivity index (χ4n) is 7.55. The SMILES string of the molecule is Cc1c(C)c2c(c(C)c1O)CC(CCc1ccc(C(=O)O)c(C(=O)O)c1CCC1Cc3c(C)c(O)c(C)c(C)c3OC1C)C(C)O2. The zero-order chi connectivity index (χ0) is 33.8. The van der Waals surface area contributed by atoms with Crippen molar-refractivity contribution >= 4 is 11.9 Å². The number of benzene rings is 3. The molecule has 0 amide bonds. The molecule has 3 aromatic carbocycles. The van der Waals surface area contributed by atoms with Gasteiger partial charge in [0.25, 0.3) is 0 Å². The molecule has 0 aliphatic carbocycles. The van der Waals surface area contributed by atoms with Gasteiger partial charge in [-0.25, -0.2) is 9.59 Å². The summed E-state index contributed by atoms with van der Waals surface area (Å²) in [5.74, 6) is -0.120. The number of aromatic hydroxyl groups is 2. The van der Waals surface area contributed by atoms with Gasteiger partial charge in [-0.2, -0.15) is 0 Å². The minimum absolute atomic E-state index is 0.0429. The molecule has 46 heavy (non-hydrogen) atoms. The van der Waals surface area contributed by atoms with Gasteiger partial charge in [-0.1, -0.05) is 6.07 Å². The zero-order valence-corrected chi connectivity index (χ0v) is 28.1. The predicted molar refractivity (Wildman–Crippen MR) is 176 cm³/mol. The number of ether oxygens (including phenoxy) is 2. The highest BCUT2D eigenvalue weighted by atomic mass is 16.5. The second-order valence-electron chi connectivity index (χ2n) is 13.5. The van der Waals surface area contributed by atoms with Crippen LogP contribution in [-0.4, -0.2) is 44.6 Å². The average molecular weight is 631 g/mol. The van der Waals surface area contributed by atoms with Crippen LogP contribution in [0.4, 0.5) is 0 Å². The number of rotatable bonds is 8. The van der Waals surface area contributed by atoms with E-state index in [0.717, 1.165) is 68.0 Å². The zero-order valence-electron chi connectivity index (χ0n) is 28.1. The van der Waals surface area contributed by atoms with E-state index in [-0.39, 0.29) is 40.9 Å². The fourth-order valence-corrected chi connectivity index (χ4v) is 7.55. The van der Waals surface area contributed by atoms with Gasteiger partial charge in [0.15, 0.2) is 0 Å². The summed E-state index contributed by atoms with van der Waals surface area (Å²) in [6.07, 6.45) is 3.43. The van der Waals surface area contributed by atoms with Crippen molar-refractivity contribution in [3.63, 3.8) is 0 Å². The summed E-state index contributed by atoms with van der Waals surface area (Å²) in [5, 5.41) is 41.6. The van der Waals surface area contributed by atoms with Crippen molar-refractivity contribution in [3.05, 3.63) is 78.9 Å². The Morgan fingerprint density at radius 2 is 1.13 bits per heavy atom. The number of phenolic OH excluding ortho intramolecular Hbond substituents is 2. The fraction of sp³-hybridized carbons (Fsp3) is 0.474. The maximum atomic E-state index is 12.6. The molecular formula is C38H46O8. The van der Waals surface area contributed by atoms with Crippen molar-refractivity contribution in [3.8, 4) is 23.0 Å². The maximum absolute atomic E-state index is 12.6. The van der Waals surface area contributed by atoms with Gasteiger partial charge >= 0.3 is 11.9 Å². The lowest BCUT2D eigenvalue weighted by Crippen LogP contribution is -2.32. The van der Waals surface area contributed by atoms with E-state index < -0.39 is 11.9 Å². The van der Waals surface area contributed by atoms with Gasteiger partial charge in [0.2, 0.25) is 0 Å². The van der Waals surface area contributed by atoms with Gasteiger partial charge in [-0.15, -0.1) is 0 Å². The molecule has 246 valence electrons. The number of carboxylic acid groups (broad SMARTS) is 2. The molecule has 4 unspecified atom stereocenters. The van der Waals surface area contributed by atoms with Crippen molar-refractivity contribution in [1.29, 1.82) is 0 Å². The van der Waals surface area contributed by atoms with Crippen LogP contribution in [-0.2, 0) is 25.7 Å². The molecule has 0 saturated carbocycles. The first-order valence-corrected chi connectivity index (χ1v) is 16.2. The number of aromatic carboxylic acids is 2. The molecule has 0 bridgehead atoms. The van der Waals surface area contributed by atoms with E-state index >= 15 is 0 Å². The van der Waals surface area contributed by atoms with Crippen LogP contribution in [0.15, 0.2) is 12.1 Å². The third kappa shape index (κ3) is 5.67. The average Bonchev–Trinajstić information content (AvgIpc) is 3.02. The van der Waals surface area contributed by atoms with Crippen LogP contribution >= 0.6 is 0 Å². The van der Waals surface area contributed by atoms with Gasteiger partial charge in [0, 0.05) is 23.0 Å². The van der Waals surface area contributed by atoms with E-state index in [9.17, 15) is 30.0 Å². The highest BCUT2D eigenvalue weighted by Crippen LogP contribution is 2.45. The molecule has 4 N–H and O–H groups in total. The summed E-state index contributed by atoms with van der Waals surface area (Å²) in [7, 11) is 0. The normalized spacial score (nSPS) is 20.3. The smallest absolute Gasteiger partial charge is 0.336 e. The molecule has 0 fully saturated rings. The minimum Gasteiger partial charge on any atom is -0.507 e. The lowest BCUT2D eigenvalue weighted by molar-refractivity contribution is 0.0650. The van der Waals surface area contributed by atoms with Crippen LogP contribution in [0.3, 0.4) is 0 Å². The van der Waals surface area contributed by atoms with Crippen molar-refractivity contribution < 1.29 is 39.5 Å². The van der Waals surface area contributed by atoms with Crippen LogP contribution in [0, 0.1) is 53.4 Å². The Balaban J connectivity index is 1.43. The van der Waals surface area contributed by atoms with E-state index in [1.807, 2.05) is 55.4 Å². The standard InChI is InChI=1S/C38H46O8/c1-17-19(3)35-30(21(5)33(17)39)15-26(23(7)45-35)10-9-25-11-14-29(37(41)42)32(38(43)44)28(25)13-12-27-16-31-22(6)34(40)18(2)20(4)36(31)46-24(27)8/h11,14,23-24,26-27,39-40H,9-10,12-13,15-16H2,1-8H3,(H,41,42)(H,43,44). The van der Waals surface area contributed by atoms with Crippen molar-refractivity contribution in [2.75, 3.05) is 0 Å². The molecule has 5 rings (SSSR count). The molecule has 0 saturated heterocycles. The molecule has 0 spiro atoms. The first kappa shape index (κ1) is 33.2. The number of carbonyl (C=O) groups is 2. The van der Waals surface area contributed by atoms with E-state index in [2.05, 4.69) is 0 Å². The van der Waals surface area contributed by atoms with Crippen LogP contribution in [0.5, 0.6) is 23.0 Å². The number of aryl methyl sites for hydroxylation is 1. The highest BCUT2D eigenvalue weighted by molar-refractivity contribution is 6.03. The summed E-state index contributed by atoms with van der Waals surface area (Å²) in [4.78, 5) is 24.7. The Morgan fingerprint density at radius 3 is 1.57 bits per heavy atom. The van der Waals surface area contributed by atoms with E-state index in [1.54, 1.807) is 6.07 Å². The number of fused-ring (bicyclic) bond motifs is 2. The topological polar surface area (TPSA) is 134 Å². The van der Waals surface area contributed by atoms with Crippen LogP contribution in [0.25, 0.3) is 0 Å². The van der Waals surface area contributed by atoms with E-state index in [0.29, 0.717) is 43.4 Å². The molecule has 0 aromatic heterocycles. The summed E-state index contributed by atoms with van der Waals surface area (Å²) in [6.45, 7) is 15.6. The number of carboxylic acids is 2. The first-order valence-electron chi connectivity index (χ1n) is 16.2. The molecular weight excluding hydrogens is 584 g/mol. The van der Waals surface area contributed by atoms with E-state index in [4.69, 9.17) is 9.47 Å². The number of phenols is 2. The van der Waals surface area contributed by atoms with Crippen molar-refractivity contribution in [2.24, 2.45) is 11.8 Å². The number of hydrogen-bond donors (Lipinski definition) is 4. The van der Waals surface area contributed by atoms with Gasteiger partial charge in [-0.3, -0.25) is 0 Å². The molecule has 2 aliphatic rings. The molecule has 2 aliphatic heterocycles. The Hall–Kier alpha value is -4.20. The van der Waals surface area contributed by atoms with Crippen LogP contribution in [0.2, 0.25) is 0 Å². The monoisotopic (exact) mass is 630 g/mol. The molecule has 3 aromatic rings. The summed E-state index contributed by atoms with van der Waals surface area (Å²) < 4.78 is 12.8. The molecule has 8 heteroatoms. The Kier molecular flexibility index (Phi) is 9.04. The van der Waals surface area contributed by atoms with Gasteiger partial charge in [0.05, 0.1) is 23.3 Å². The molecule has 2 heterocycles. The molecule has 4 atom stereocenters.